The second-order valence-electron chi connectivity index (χ2n) is 10.3. The van der Waals surface area contributed by atoms with Gasteiger partial charge < -0.3 is 9.80 Å². The number of rotatable bonds is 5. The zero-order valence-corrected chi connectivity index (χ0v) is 21.5. The van der Waals surface area contributed by atoms with Crippen LogP contribution in [0, 0.1) is 5.82 Å². The molecule has 6 rings (SSSR count). The van der Waals surface area contributed by atoms with Gasteiger partial charge in [0.2, 0.25) is 0 Å². The van der Waals surface area contributed by atoms with Gasteiger partial charge in [-0.2, -0.15) is 5.10 Å². The molecular weight excluding hydrogens is 477 g/mol. The summed E-state index contributed by atoms with van der Waals surface area (Å²) in [5.74, 6) is 1.06. The number of carbonyl (C=O) groups excluding carboxylic acids is 1. The topological polar surface area (TPSA) is 44.6 Å². The van der Waals surface area contributed by atoms with E-state index in [0.29, 0.717) is 36.3 Å². The number of halogens is 2. The predicted octanol–water partition coefficient (Wildman–Crippen LogP) is 6.26. The van der Waals surface area contributed by atoms with Crippen LogP contribution in [0.2, 0.25) is 5.02 Å². The normalized spacial score (nSPS) is 20.7. The first-order chi connectivity index (χ1) is 17.4. The van der Waals surface area contributed by atoms with E-state index in [1.807, 2.05) is 27.9 Å². The molecule has 2 aromatic carbocycles. The van der Waals surface area contributed by atoms with E-state index < -0.39 is 0 Å². The van der Waals surface area contributed by atoms with Crippen LogP contribution in [0.3, 0.4) is 0 Å². The highest BCUT2D eigenvalue weighted by Crippen LogP contribution is 2.44. The fourth-order valence-electron chi connectivity index (χ4n) is 5.96. The molecule has 2 fully saturated rings. The molecular formula is C28H31ClFN5O. The lowest BCUT2D eigenvalue weighted by Crippen LogP contribution is -2.55. The maximum absolute atomic E-state index is 14.5. The van der Waals surface area contributed by atoms with Gasteiger partial charge in [0.25, 0.3) is 0 Å². The molecule has 3 aliphatic rings. The molecule has 0 N–H and O–H groups in total. The van der Waals surface area contributed by atoms with Crippen LogP contribution in [0.15, 0.2) is 48.7 Å². The lowest BCUT2D eigenvalue weighted by molar-refractivity contribution is 0.136. The van der Waals surface area contributed by atoms with Crippen molar-refractivity contribution >= 4 is 29.1 Å². The number of anilines is 2. The van der Waals surface area contributed by atoms with Gasteiger partial charge in [0.1, 0.15) is 5.82 Å². The summed E-state index contributed by atoms with van der Waals surface area (Å²) < 4.78 is 16.3. The molecule has 1 aromatic heterocycles. The van der Waals surface area contributed by atoms with Gasteiger partial charge >= 0.3 is 6.03 Å². The number of benzene rings is 2. The Morgan fingerprint density at radius 1 is 1.03 bits per heavy atom. The van der Waals surface area contributed by atoms with Crippen LogP contribution in [-0.2, 0) is 13.6 Å². The standard InChI is InChI=1S/C28H31ClFN5O/c1-18-23-17-32(2)31-27(23)34(16-20-6-3-4-7-22(20)19-10-11-19)28(36)35(18)21-12-14-33(15-13-21)26-24(29)8-5-9-25(26)30/h3-9,17-19,21H,10-16H2,1-2H3/t18-/m1/s1. The van der Waals surface area contributed by atoms with Crippen molar-refractivity contribution in [2.45, 2.75) is 57.2 Å². The van der Waals surface area contributed by atoms with Crippen LogP contribution in [0.25, 0.3) is 0 Å². The van der Waals surface area contributed by atoms with Crippen molar-refractivity contribution in [3.05, 3.63) is 76.2 Å². The highest BCUT2D eigenvalue weighted by molar-refractivity contribution is 6.33. The number of hydrogen-bond donors (Lipinski definition) is 0. The Balaban J connectivity index is 1.27. The summed E-state index contributed by atoms with van der Waals surface area (Å²) in [5.41, 5.74) is 4.08. The van der Waals surface area contributed by atoms with E-state index in [1.165, 1.54) is 30.0 Å². The summed E-state index contributed by atoms with van der Waals surface area (Å²) in [6.07, 6.45) is 5.97. The molecule has 1 atom stereocenters. The molecule has 188 valence electrons. The smallest absolute Gasteiger partial charge is 0.326 e. The Labute approximate surface area is 216 Å². The van der Waals surface area contributed by atoms with Crippen molar-refractivity contribution < 1.29 is 9.18 Å². The van der Waals surface area contributed by atoms with Crippen LogP contribution in [-0.4, -0.2) is 39.8 Å². The number of carbonyl (C=O) groups is 1. The average molecular weight is 508 g/mol. The predicted molar refractivity (Wildman–Crippen MR) is 140 cm³/mol. The Hall–Kier alpha value is -3.06. The van der Waals surface area contributed by atoms with Crippen molar-refractivity contribution in [1.29, 1.82) is 0 Å². The molecule has 3 aromatic rings. The number of fused-ring (bicyclic) bond motifs is 1. The molecule has 1 saturated carbocycles. The van der Waals surface area contributed by atoms with Crippen LogP contribution in [0.5, 0.6) is 0 Å². The Bertz CT molecular complexity index is 1280. The lowest BCUT2D eigenvalue weighted by atomic mass is 9.97. The third kappa shape index (κ3) is 4.03. The number of urea groups is 1. The van der Waals surface area contributed by atoms with Gasteiger partial charge in [-0.25, -0.2) is 9.18 Å². The van der Waals surface area contributed by atoms with Crippen molar-refractivity contribution in [2.24, 2.45) is 7.05 Å². The average Bonchev–Trinajstić information content (AvgIpc) is 3.63. The molecule has 0 radical (unpaired) electrons. The zero-order valence-electron chi connectivity index (χ0n) is 20.7. The van der Waals surface area contributed by atoms with Gasteiger partial charge in [-0.15, -0.1) is 0 Å². The van der Waals surface area contributed by atoms with E-state index in [1.54, 1.807) is 16.8 Å². The molecule has 3 heterocycles. The molecule has 0 spiro atoms. The van der Waals surface area contributed by atoms with E-state index in [2.05, 4.69) is 31.2 Å². The largest absolute Gasteiger partial charge is 0.368 e. The maximum atomic E-state index is 14.5. The first kappa shape index (κ1) is 23.3. The second-order valence-corrected chi connectivity index (χ2v) is 10.7. The monoisotopic (exact) mass is 507 g/mol. The number of amides is 2. The van der Waals surface area contributed by atoms with Crippen molar-refractivity contribution in [3.63, 3.8) is 0 Å². The molecule has 8 heteroatoms. The van der Waals surface area contributed by atoms with E-state index in [0.717, 1.165) is 24.2 Å². The maximum Gasteiger partial charge on any atom is 0.326 e. The highest BCUT2D eigenvalue weighted by atomic mass is 35.5. The van der Waals surface area contributed by atoms with Crippen LogP contribution in [0.4, 0.5) is 20.7 Å². The van der Waals surface area contributed by atoms with Crippen molar-refractivity contribution in [2.75, 3.05) is 22.9 Å². The fourth-order valence-corrected chi connectivity index (χ4v) is 6.24. The van der Waals surface area contributed by atoms with Gasteiger partial charge in [-0.3, -0.25) is 9.58 Å². The molecule has 0 unspecified atom stereocenters. The van der Waals surface area contributed by atoms with Crippen molar-refractivity contribution in [1.82, 2.24) is 14.7 Å². The van der Waals surface area contributed by atoms with Gasteiger partial charge in [-0.05, 0) is 61.8 Å². The lowest BCUT2D eigenvalue weighted by Gasteiger charge is -2.46. The van der Waals surface area contributed by atoms with Crippen LogP contribution < -0.4 is 9.80 Å². The van der Waals surface area contributed by atoms with Gasteiger partial charge in [0, 0.05) is 37.9 Å². The van der Waals surface area contributed by atoms with E-state index >= 15 is 0 Å². The van der Waals surface area contributed by atoms with E-state index in [-0.39, 0.29) is 23.9 Å². The SMILES string of the molecule is C[C@@H]1c2cn(C)nc2N(Cc2ccccc2C2CC2)C(=O)N1C1CCN(c2c(F)cccc2Cl)CC1. The minimum absolute atomic E-state index is 0.00155. The fraction of sp³-hybridized carbons (Fsp3) is 0.429. The van der Waals surface area contributed by atoms with Crippen LogP contribution in [0.1, 0.15) is 61.3 Å². The number of aromatic nitrogens is 2. The van der Waals surface area contributed by atoms with Crippen LogP contribution >= 0.6 is 11.6 Å². The Kier molecular flexibility index (Phi) is 5.91. The quantitative estimate of drug-likeness (QED) is 0.409. The third-order valence-electron chi connectivity index (χ3n) is 7.92. The summed E-state index contributed by atoms with van der Waals surface area (Å²) in [7, 11) is 1.91. The molecule has 2 amide bonds. The van der Waals surface area contributed by atoms with Gasteiger partial charge in [0.15, 0.2) is 5.82 Å². The number of piperidine rings is 1. The number of aryl methyl sites for hydroxylation is 1. The summed E-state index contributed by atoms with van der Waals surface area (Å²) in [5, 5.41) is 5.13. The minimum atomic E-state index is -0.302. The molecule has 1 saturated heterocycles. The van der Waals surface area contributed by atoms with Gasteiger partial charge in [-0.1, -0.05) is 41.9 Å². The second kappa shape index (κ2) is 9.11. The summed E-state index contributed by atoms with van der Waals surface area (Å²) in [6, 6.07) is 13.3. The summed E-state index contributed by atoms with van der Waals surface area (Å²) in [6.45, 7) is 3.90. The van der Waals surface area contributed by atoms with E-state index in [4.69, 9.17) is 16.7 Å². The first-order valence-corrected chi connectivity index (χ1v) is 13.2. The van der Waals surface area contributed by atoms with Crippen molar-refractivity contribution in [3.8, 4) is 0 Å². The number of para-hydroxylation sites is 1. The summed E-state index contributed by atoms with van der Waals surface area (Å²) >= 11 is 6.33. The molecule has 2 aliphatic heterocycles. The molecule has 0 bridgehead atoms. The molecule has 36 heavy (non-hydrogen) atoms. The Morgan fingerprint density at radius 3 is 2.50 bits per heavy atom. The number of nitrogens with zero attached hydrogens (tertiary/aromatic N) is 5. The van der Waals surface area contributed by atoms with Gasteiger partial charge in [0.05, 0.1) is 23.3 Å². The molecule has 1 aliphatic carbocycles. The third-order valence-corrected chi connectivity index (χ3v) is 8.23. The summed E-state index contributed by atoms with van der Waals surface area (Å²) in [4.78, 5) is 20.0. The Morgan fingerprint density at radius 2 is 1.78 bits per heavy atom. The zero-order chi connectivity index (χ0) is 25.0. The highest BCUT2D eigenvalue weighted by Gasteiger charge is 2.42. The number of hydrogen-bond acceptors (Lipinski definition) is 3. The van der Waals surface area contributed by atoms with E-state index in [9.17, 15) is 9.18 Å². The minimum Gasteiger partial charge on any atom is -0.368 e. The first-order valence-electron chi connectivity index (χ1n) is 12.8. The molecule has 6 nitrogen and oxygen atoms in total.